The Morgan fingerprint density at radius 3 is 1.02 bits per heavy atom. The van der Waals surface area contributed by atoms with Gasteiger partial charge in [0.25, 0.3) is 10.1 Å². The van der Waals surface area contributed by atoms with Crippen molar-refractivity contribution >= 4 is 10.1 Å². The van der Waals surface area contributed by atoms with Gasteiger partial charge in [-0.25, -0.2) is 58.0 Å². The monoisotopic (exact) mass is 1650 g/mol. The van der Waals surface area contributed by atoms with Crippen LogP contribution < -0.4 is 5.32 Å². The first-order valence-electron chi connectivity index (χ1n) is 37.9. The Morgan fingerprint density at radius 1 is 0.426 bits per heavy atom. The van der Waals surface area contributed by atoms with E-state index < -0.39 is 16.2 Å². The highest BCUT2D eigenvalue weighted by molar-refractivity contribution is 7.86. The average Bonchev–Trinajstić information content (AvgIpc) is 1.65. The summed E-state index contributed by atoms with van der Waals surface area (Å²) < 4.78 is 87.3. The zero-order valence-corrected chi connectivity index (χ0v) is 67.3. The molecule has 0 amide bonds. The minimum Gasteiger partial charge on any atom is -0.364 e. The number of halogens is 3. The van der Waals surface area contributed by atoms with Crippen molar-refractivity contribution in [3.8, 4) is 187 Å². The highest BCUT2D eigenvalue weighted by atomic mass is 32.2. The minimum absolute atomic E-state index is 0. The van der Waals surface area contributed by atoms with Gasteiger partial charge in [0, 0.05) is 97.8 Å². The van der Waals surface area contributed by atoms with Gasteiger partial charge in [0.05, 0.1) is 88.6 Å². The van der Waals surface area contributed by atoms with Crippen LogP contribution in [0.15, 0.2) is 198 Å². The van der Waals surface area contributed by atoms with Crippen LogP contribution in [0.5, 0.6) is 0 Å². The molecule has 24 nitrogen and oxygen atoms in total. The summed E-state index contributed by atoms with van der Waals surface area (Å²) >= 11 is 0. The number of aromatic nitrogens is 15. The number of nitrogens with one attached hydrogen (secondary N) is 1. The van der Waals surface area contributed by atoms with E-state index in [1.807, 2.05) is 49.3 Å². The van der Waals surface area contributed by atoms with E-state index in [1.165, 1.54) is 42.7 Å². The molecule has 122 heavy (non-hydrogen) atoms. The van der Waals surface area contributed by atoms with Crippen molar-refractivity contribution < 1.29 is 39.3 Å². The first-order valence-corrected chi connectivity index (χ1v) is 39.7. The first-order chi connectivity index (χ1) is 58.6. The standard InChI is InChI=1S/2C23H23FN6O.C18H18FN5.C15H4.C7H4.C6H9NO4S.2CH4/c2*1-16(20-9-13-31-28-20)29-11-7-19(8-12-29)30-15-27-22(17-2-4-18(24)5-3-17)23(30)21-6-10-25-14-26-21;19-14-3-1-13(2-4-14)17-18(16-7-10-21-11-22-16)24(12-23-17)15-5-8-20-9-6-15;1-3-5-7-9-11-13-15-14-12-10-8-6-4-2;1-3-5-7-6-4-2;1-5(11-12(2,8)9)6-3-4-10-7-6;;/h2*2-6,9-10,13-16,19H,7-8,11-12H2,1H3;1-4,7,10-12,15,20H,5-6,8-9H2;1H,2H3;1H,2H3;3-5H,1-2H3;2*1H4/t2*16-;;;;;;/m10....../s1. The van der Waals surface area contributed by atoms with Gasteiger partial charge in [0.15, 0.2) is 0 Å². The second-order valence-electron chi connectivity index (χ2n) is 26.5. The predicted molar refractivity (Wildman–Crippen MR) is 462 cm³/mol. The maximum Gasteiger partial charge on any atom is 0.265 e. The molecule has 3 aromatic carbocycles. The van der Waals surface area contributed by atoms with Crippen molar-refractivity contribution in [3.05, 3.63) is 219 Å². The molecule has 0 bridgehead atoms. The van der Waals surface area contributed by atoms with Gasteiger partial charge in [0.2, 0.25) is 0 Å². The minimum atomic E-state index is -3.43. The fraction of sp³-hybridized carbons (Fsp3) is 0.277. The van der Waals surface area contributed by atoms with E-state index in [0.717, 1.165) is 163 Å². The molecule has 12 heterocycles. The lowest BCUT2D eigenvalue weighted by molar-refractivity contribution is 0.139. The van der Waals surface area contributed by atoms with Gasteiger partial charge in [-0.3, -0.25) is 14.0 Å². The van der Waals surface area contributed by atoms with Crippen LogP contribution in [-0.4, -0.2) is 138 Å². The number of imidazole rings is 3. The van der Waals surface area contributed by atoms with E-state index in [4.69, 9.17) is 31.9 Å². The topological polar surface area (TPSA) is 271 Å². The molecule has 0 radical (unpaired) electrons. The molecular formula is C94H89F3N18O6S. The lowest BCUT2D eigenvalue weighted by Crippen LogP contribution is -2.36. The Labute approximate surface area is 711 Å². The van der Waals surface area contributed by atoms with Crippen LogP contribution >= 0.6 is 0 Å². The van der Waals surface area contributed by atoms with Crippen LogP contribution in [0, 0.1) is 137 Å². The zero-order valence-electron chi connectivity index (χ0n) is 66.5. The van der Waals surface area contributed by atoms with E-state index in [-0.39, 0.29) is 44.4 Å². The molecule has 3 aliphatic heterocycles. The SMILES string of the molecule is C.C.C#CC#CC#CC.C#CC#CC#CC#CC#CC#CC#CC.CC(OS(C)(=O)=O)c1ccon1.C[C@@H](c1ccon1)N1CCC(n2cnc(-c3ccc(F)cc3)c2-c2ccncn2)CC1.C[C@H](c1ccon1)N1CCC(n2cnc(-c3ccc(F)cc3)c2-c2ccncn2)CC1.Fc1ccc(-c2ncn(C3CCNCC3)c2-c2ccncn2)cc1. The van der Waals surface area contributed by atoms with Crippen LogP contribution in [0.2, 0.25) is 0 Å². The zero-order chi connectivity index (χ0) is 84.7. The molecule has 0 aliphatic carbocycles. The van der Waals surface area contributed by atoms with Crippen molar-refractivity contribution in [2.75, 3.05) is 45.5 Å². The fourth-order valence-electron chi connectivity index (χ4n) is 13.1. The quantitative estimate of drug-likeness (QED) is 0.0695. The smallest absolute Gasteiger partial charge is 0.265 e. The van der Waals surface area contributed by atoms with Crippen molar-refractivity contribution in [2.24, 2.45) is 0 Å². The number of terminal acetylenes is 2. The molecule has 3 aliphatic rings. The van der Waals surface area contributed by atoms with Gasteiger partial charge < -0.3 is 32.6 Å². The van der Waals surface area contributed by atoms with Crippen LogP contribution in [0.3, 0.4) is 0 Å². The Bertz CT molecular complexity index is 5840. The van der Waals surface area contributed by atoms with Gasteiger partial charge in [0.1, 0.15) is 78.4 Å². The van der Waals surface area contributed by atoms with E-state index in [0.29, 0.717) is 23.8 Å². The average molecular weight is 1660 g/mol. The van der Waals surface area contributed by atoms with Gasteiger partial charge in [-0.1, -0.05) is 42.2 Å². The van der Waals surface area contributed by atoms with Gasteiger partial charge >= 0.3 is 0 Å². The molecule has 1 unspecified atom stereocenters. The second kappa shape index (κ2) is 48.9. The number of piperidine rings is 3. The number of hydrogen-bond donors (Lipinski definition) is 1. The third-order valence-electron chi connectivity index (χ3n) is 18.9. The number of likely N-dealkylation sites (tertiary alicyclic amines) is 2. The molecule has 618 valence electrons. The highest BCUT2D eigenvalue weighted by Crippen LogP contribution is 2.40. The van der Waals surface area contributed by atoms with E-state index in [1.54, 1.807) is 113 Å². The second-order valence-corrected chi connectivity index (χ2v) is 28.1. The van der Waals surface area contributed by atoms with Gasteiger partial charge in [-0.2, -0.15) is 8.42 Å². The summed E-state index contributed by atoms with van der Waals surface area (Å²) in [5, 5.41) is 15.1. The molecular weight excluding hydrogens is 1570 g/mol. The normalized spacial score (nSPS) is 13.5. The molecule has 9 aromatic heterocycles. The molecule has 12 aromatic rings. The largest absolute Gasteiger partial charge is 0.364 e. The third kappa shape index (κ3) is 27.5. The summed E-state index contributed by atoms with van der Waals surface area (Å²) in [4.78, 5) is 44.4. The van der Waals surface area contributed by atoms with Gasteiger partial charge in [-0.15, -0.1) is 12.8 Å². The molecule has 3 fully saturated rings. The van der Waals surface area contributed by atoms with E-state index in [2.05, 4.69) is 208 Å². The predicted octanol–water partition coefficient (Wildman–Crippen LogP) is 15.4. The van der Waals surface area contributed by atoms with Crippen molar-refractivity contribution in [2.45, 2.75) is 124 Å². The summed E-state index contributed by atoms with van der Waals surface area (Å²) in [6, 6.07) is 31.8. The summed E-state index contributed by atoms with van der Waals surface area (Å²) in [7, 11) is -3.43. The highest BCUT2D eigenvalue weighted by Gasteiger charge is 2.32. The Kier molecular flexibility index (Phi) is 37.2. The number of benzene rings is 3. The number of rotatable bonds is 16. The molecule has 0 spiro atoms. The molecule has 15 rings (SSSR count). The fourth-order valence-corrected chi connectivity index (χ4v) is 13.7. The van der Waals surface area contributed by atoms with Crippen molar-refractivity contribution in [3.63, 3.8) is 0 Å². The van der Waals surface area contributed by atoms with Crippen LogP contribution in [0.4, 0.5) is 13.2 Å². The molecule has 3 atom stereocenters. The molecule has 0 saturated carbocycles. The molecule has 28 heteroatoms. The van der Waals surface area contributed by atoms with Crippen LogP contribution in [-0.2, 0) is 14.3 Å². The van der Waals surface area contributed by atoms with Crippen LogP contribution in [0.1, 0.15) is 141 Å². The van der Waals surface area contributed by atoms with Crippen molar-refractivity contribution in [1.82, 2.24) is 89.1 Å². The lowest BCUT2D eigenvalue weighted by atomic mass is 10.0. The Morgan fingerprint density at radius 2 is 0.730 bits per heavy atom. The summed E-state index contributed by atoms with van der Waals surface area (Å²) in [6.45, 7) is 15.1. The third-order valence-corrected chi connectivity index (χ3v) is 19.5. The first kappa shape index (κ1) is 92.8. The number of hydrogen-bond acceptors (Lipinski definition) is 21. The lowest BCUT2D eigenvalue weighted by Gasteiger charge is -2.36. The summed E-state index contributed by atoms with van der Waals surface area (Å²) in [5.41, 5.74) is 12.7. The van der Waals surface area contributed by atoms with E-state index in [9.17, 15) is 21.6 Å². The Balaban J connectivity index is 0.000000192. The van der Waals surface area contributed by atoms with Crippen LogP contribution in [0.25, 0.3) is 67.9 Å². The van der Waals surface area contributed by atoms with E-state index >= 15 is 0 Å². The Hall–Kier alpha value is -14.7. The molecule has 1 N–H and O–H groups in total. The molecule has 3 saturated heterocycles. The van der Waals surface area contributed by atoms with Gasteiger partial charge in [-0.05, 0) is 272 Å². The van der Waals surface area contributed by atoms with Crippen molar-refractivity contribution in [1.29, 1.82) is 0 Å². The summed E-state index contributed by atoms with van der Waals surface area (Å²) in [5.74, 6) is 43.2. The number of nitrogens with zero attached hydrogens (tertiary/aromatic N) is 17. The maximum absolute atomic E-state index is 13.5. The summed E-state index contributed by atoms with van der Waals surface area (Å²) in [6.07, 6.45) is 36.2. The maximum atomic E-state index is 13.5.